The third-order valence-electron chi connectivity index (χ3n) is 3.17. The van der Waals surface area contributed by atoms with E-state index in [9.17, 15) is 13.2 Å². The average Bonchev–Trinajstić information content (AvgIpc) is 2.28. The van der Waals surface area contributed by atoms with Crippen molar-refractivity contribution in [3.8, 4) is 0 Å². The summed E-state index contributed by atoms with van der Waals surface area (Å²) in [4.78, 5) is 2.06. The molecule has 1 N–H and O–H groups in total. The summed E-state index contributed by atoms with van der Waals surface area (Å²) in [6.07, 6.45) is -4.27. The number of rotatable bonds is 2. The van der Waals surface area contributed by atoms with Crippen LogP contribution in [-0.4, -0.2) is 30.6 Å². The summed E-state index contributed by atoms with van der Waals surface area (Å²) in [6, 6.07) is 6.15. The molecule has 1 heterocycles. The lowest BCUT2D eigenvalue weighted by molar-refractivity contribution is -0.138. The molecule has 0 aliphatic carbocycles. The van der Waals surface area contributed by atoms with E-state index >= 15 is 0 Å². The Morgan fingerprint density at radius 2 is 2.06 bits per heavy atom. The van der Waals surface area contributed by atoms with Crippen LogP contribution in [-0.2, 0) is 12.7 Å². The van der Waals surface area contributed by atoms with E-state index in [0.717, 1.165) is 25.7 Å². The second-order valence-electron chi connectivity index (χ2n) is 4.75. The van der Waals surface area contributed by atoms with Gasteiger partial charge in [0, 0.05) is 32.2 Å². The first-order chi connectivity index (χ1) is 8.47. The zero-order valence-electron chi connectivity index (χ0n) is 10.3. The lowest BCUT2D eigenvalue weighted by Gasteiger charge is -2.32. The second kappa shape index (κ2) is 5.28. The molecule has 1 aromatic carbocycles. The minimum Gasteiger partial charge on any atom is -0.312 e. The molecule has 1 aliphatic rings. The number of hydrogen-bond donors (Lipinski definition) is 1. The Labute approximate surface area is 105 Å². The van der Waals surface area contributed by atoms with Gasteiger partial charge in [-0.2, -0.15) is 13.2 Å². The van der Waals surface area contributed by atoms with Crippen molar-refractivity contribution in [2.45, 2.75) is 25.7 Å². The highest BCUT2D eigenvalue weighted by molar-refractivity contribution is 5.29. The molecule has 0 bridgehead atoms. The lowest BCUT2D eigenvalue weighted by atomic mass is 10.1. The molecule has 0 saturated carbocycles. The number of halogens is 3. The van der Waals surface area contributed by atoms with Crippen molar-refractivity contribution in [1.29, 1.82) is 0 Å². The Kier molecular flexibility index (Phi) is 3.92. The van der Waals surface area contributed by atoms with Gasteiger partial charge in [0.2, 0.25) is 0 Å². The molecule has 1 aliphatic heterocycles. The largest absolute Gasteiger partial charge is 0.416 e. The molecule has 0 radical (unpaired) electrons. The van der Waals surface area contributed by atoms with Crippen LogP contribution >= 0.6 is 0 Å². The summed E-state index contributed by atoms with van der Waals surface area (Å²) in [5.41, 5.74) is -0.157. The predicted molar refractivity (Wildman–Crippen MR) is 64.2 cm³/mol. The maximum atomic E-state index is 12.8. The van der Waals surface area contributed by atoms with Gasteiger partial charge in [-0.25, -0.2) is 0 Å². The molecule has 1 unspecified atom stereocenters. The number of benzene rings is 1. The predicted octanol–water partition coefficient (Wildman–Crippen LogP) is 2.50. The Morgan fingerprint density at radius 3 is 2.72 bits per heavy atom. The molecule has 0 aromatic heterocycles. The third kappa shape index (κ3) is 3.23. The Balaban J connectivity index is 2.13. The van der Waals surface area contributed by atoms with Gasteiger partial charge in [0.1, 0.15) is 0 Å². The summed E-state index contributed by atoms with van der Waals surface area (Å²) in [5.74, 6) is 0. The standard InChI is InChI=1S/C13H17F3N2/c1-10-8-18(7-6-17-10)9-11-4-2-3-5-12(11)13(14,15)16/h2-5,10,17H,6-9H2,1H3. The van der Waals surface area contributed by atoms with Crippen molar-refractivity contribution in [2.24, 2.45) is 0 Å². The van der Waals surface area contributed by atoms with E-state index in [1.807, 2.05) is 6.92 Å². The van der Waals surface area contributed by atoms with Crippen molar-refractivity contribution in [3.05, 3.63) is 35.4 Å². The van der Waals surface area contributed by atoms with Crippen molar-refractivity contribution in [1.82, 2.24) is 10.2 Å². The summed E-state index contributed by atoms with van der Waals surface area (Å²) in [6.45, 7) is 4.81. The van der Waals surface area contributed by atoms with E-state index in [4.69, 9.17) is 0 Å². The molecular weight excluding hydrogens is 241 g/mol. The molecule has 1 saturated heterocycles. The van der Waals surface area contributed by atoms with Crippen molar-refractivity contribution < 1.29 is 13.2 Å². The Morgan fingerprint density at radius 1 is 1.33 bits per heavy atom. The Bertz CT molecular complexity index is 403. The zero-order chi connectivity index (χ0) is 13.2. The highest BCUT2D eigenvalue weighted by atomic mass is 19.4. The van der Waals surface area contributed by atoms with Gasteiger partial charge < -0.3 is 5.32 Å². The third-order valence-corrected chi connectivity index (χ3v) is 3.17. The van der Waals surface area contributed by atoms with Gasteiger partial charge in [-0.1, -0.05) is 18.2 Å². The van der Waals surface area contributed by atoms with Crippen molar-refractivity contribution in [2.75, 3.05) is 19.6 Å². The van der Waals surface area contributed by atoms with Crippen LogP contribution in [0.25, 0.3) is 0 Å². The first-order valence-corrected chi connectivity index (χ1v) is 6.07. The number of hydrogen-bond acceptors (Lipinski definition) is 2. The van der Waals surface area contributed by atoms with Gasteiger partial charge in [0.05, 0.1) is 5.56 Å². The van der Waals surface area contributed by atoms with Gasteiger partial charge in [-0.15, -0.1) is 0 Å². The molecule has 2 nitrogen and oxygen atoms in total. The normalized spacial score (nSPS) is 22.1. The highest BCUT2D eigenvalue weighted by Gasteiger charge is 2.33. The molecular formula is C13H17F3N2. The fourth-order valence-corrected chi connectivity index (χ4v) is 2.33. The van der Waals surface area contributed by atoms with Crippen LogP contribution in [0.3, 0.4) is 0 Å². The molecule has 18 heavy (non-hydrogen) atoms. The van der Waals surface area contributed by atoms with Gasteiger partial charge in [-0.3, -0.25) is 4.90 Å². The summed E-state index contributed by atoms with van der Waals surface area (Å²) in [7, 11) is 0. The van der Waals surface area contributed by atoms with Crippen LogP contribution < -0.4 is 5.32 Å². The van der Waals surface area contributed by atoms with Gasteiger partial charge in [0.15, 0.2) is 0 Å². The fraction of sp³-hybridized carbons (Fsp3) is 0.538. The number of nitrogens with one attached hydrogen (secondary N) is 1. The second-order valence-corrected chi connectivity index (χ2v) is 4.75. The van der Waals surface area contributed by atoms with Crippen LogP contribution in [0.1, 0.15) is 18.1 Å². The van der Waals surface area contributed by atoms with Gasteiger partial charge in [0.25, 0.3) is 0 Å². The Hall–Kier alpha value is -1.07. The number of piperazine rings is 1. The number of alkyl halides is 3. The van der Waals surface area contributed by atoms with E-state index in [1.54, 1.807) is 12.1 Å². The van der Waals surface area contributed by atoms with Gasteiger partial charge >= 0.3 is 6.18 Å². The SMILES string of the molecule is CC1CN(Cc2ccccc2C(F)(F)F)CCN1. The highest BCUT2D eigenvalue weighted by Crippen LogP contribution is 2.32. The van der Waals surface area contributed by atoms with Crippen molar-refractivity contribution >= 4 is 0 Å². The van der Waals surface area contributed by atoms with Crippen LogP contribution in [0.2, 0.25) is 0 Å². The van der Waals surface area contributed by atoms with Crippen LogP contribution in [0.4, 0.5) is 13.2 Å². The summed E-state index contributed by atoms with van der Waals surface area (Å²) >= 11 is 0. The van der Waals surface area contributed by atoms with E-state index < -0.39 is 11.7 Å². The maximum Gasteiger partial charge on any atom is 0.416 e. The average molecular weight is 258 g/mol. The van der Waals surface area contributed by atoms with Crippen molar-refractivity contribution in [3.63, 3.8) is 0 Å². The molecule has 5 heteroatoms. The lowest BCUT2D eigenvalue weighted by Crippen LogP contribution is -2.48. The van der Waals surface area contributed by atoms with E-state index in [1.165, 1.54) is 6.07 Å². The van der Waals surface area contributed by atoms with Crippen LogP contribution in [0, 0.1) is 0 Å². The van der Waals surface area contributed by atoms with E-state index in [2.05, 4.69) is 10.2 Å². The first kappa shape index (κ1) is 13.4. The maximum absolute atomic E-state index is 12.8. The van der Waals surface area contributed by atoms with E-state index in [-0.39, 0.29) is 0 Å². The number of nitrogens with zero attached hydrogens (tertiary/aromatic N) is 1. The molecule has 1 fully saturated rings. The van der Waals surface area contributed by atoms with Gasteiger partial charge in [-0.05, 0) is 18.6 Å². The molecule has 0 amide bonds. The molecule has 1 atom stereocenters. The smallest absolute Gasteiger partial charge is 0.312 e. The topological polar surface area (TPSA) is 15.3 Å². The molecule has 2 rings (SSSR count). The molecule has 0 spiro atoms. The monoisotopic (exact) mass is 258 g/mol. The summed E-state index contributed by atoms with van der Waals surface area (Å²) < 4.78 is 38.5. The first-order valence-electron chi connectivity index (χ1n) is 6.07. The summed E-state index contributed by atoms with van der Waals surface area (Å²) in [5, 5.41) is 3.28. The minimum atomic E-state index is -4.27. The van der Waals surface area contributed by atoms with Crippen LogP contribution in [0.5, 0.6) is 0 Å². The zero-order valence-corrected chi connectivity index (χ0v) is 10.3. The van der Waals surface area contributed by atoms with E-state index in [0.29, 0.717) is 18.2 Å². The fourth-order valence-electron chi connectivity index (χ4n) is 2.33. The van der Waals surface area contributed by atoms with Crippen LogP contribution in [0.15, 0.2) is 24.3 Å². The molecule has 100 valence electrons. The molecule has 1 aromatic rings. The quantitative estimate of drug-likeness (QED) is 0.876. The minimum absolute atomic E-state index is 0.330.